The summed E-state index contributed by atoms with van der Waals surface area (Å²) in [6.45, 7) is 0.333. The molecule has 6 N–H and O–H groups in total. The quantitative estimate of drug-likeness (QED) is 0.553. The van der Waals surface area contributed by atoms with Crippen molar-refractivity contribution in [2.75, 3.05) is 18.6 Å². The van der Waals surface area contributed by atoms with Crippen LogP contribution in [0.3, 0.4) is 0 Å². The summed E-state index contributed by atoms with van der Waals surface area (Å²) in [5.74, 6) is 0.684. The number of rotatable bonds is 2. The topological polar surface area (TPSA) is 87.3 Å². The monoisotopic (exact) mass is 167 g/mol. The number of anilines is 2. The number of nitrogens with two attached hydrogens (primary N) is 3. The summed E-state index contributed by atoms with van der Waals surface area (Å²) in [6.07, 6.45) is 0. The van der Waals surface area contributed by atoms with Gasteiger partial charge in [0.15, 0.2) is 0 Å². The standard InChI is InChI=1S/C8H13N3O/c1-12-7-3-2-6(10)8(11)5(7)4-9/h2-3H,4,9-11H2,1H3. The number of hydrogen-bond donors (Lipinski definition) is 3. The Labute approximate surface area is 71.3 Å². The molecule has 0 aliphatic rings. The average Bonchev–Trinajstić information content (AvgIpc) is 2.09. The molecule has 1 rings (SSSR count). The Morgan fingerprint density at radius 2 is 2.00 bits per heavy atom. The van der Waals surface area contributed by atoms with Crippen molar-refractivity contribution in [3.63, 3.8) is 0 Å². The van der Waals surface area contributed by atoms with Crippen molar-refractivity contribution >= 4 is 11.4 Å². The van der Waals surface area contributed by atoms with Gasteiger partial charge >= 0.3 is 0 Å². The van der Waals surface area contributed by atoms with Crippen LogP contribution >= 0.6 is 0 Å². The molecular formula is C8H13N3O. The first kappa shape index (κ1) is 8.67. The summed E-state index contributed by atoms with van der Waals surface area (Å²) in [6, 6.07) is 3.46. The number of nitrogen functional groups attached to an aromatic ring is 2. The van der Waals surface area contributed by atoms with Gasteiger partial charge in [0, 0.05) is 12.1 Å². The zero-order valence-electron chi connectivity index (χ0n) is 7.00. The van der Waals surface area contributed by atoms with Crippen molar-refractivity contribution in [1.29, 1.82) is 0 Å². The first-order chi connectivity index (χ1) is 5.70. The molecule has 0 heterocycles. The predicted molar refractivity (Wildman–Crippen MR) is 49.7 cm³/mol. The van der Waals surface area contributed by atoms with Gasteiger partial charge in [0.1, 0.15) is 5.75 Å². The van der Waals surface area contributed by atoms with Gasteiger partial charge in [-0.2, -0.15) is 0 Å². The summed E-state index contributed by atoms with van der Waals surface area (Å²) in [5, 5.41) is 0. The van der Waals surface area contributed by atoms with Gasteiger partial charge in [0.2, 0.25) is 0 Å². The van der Waals surface area contributed by atoms with Crippen LogP contribution in [0.4, 0.5) is 11.4 Å². The van der Waals surface area contributed by atoms with Crippen LogP contribution in [0.2, 0.25) is 0 Å². The van der Waals surface area contributed by atoms with E-state index in [4.69, 9.17) is 21.9 Å². The highest BCUT2D eigenvalue weighted by Crippen LogP contribution is 2.28. The molecule has 0 spiro atoms. The van der Waals surface area contributed by atoms with E-state index in [9.17, 15) is 0 Å². The molecule has 1 aromatic carbocycles. The zero-order valence-corrected chi connectivity index (χ0v) is 7.00. The molecular weight excluding hydrogens is 154 g/mol. The Morgan fingerprint density at radius 1 is 1.33 bits per heavy atom. The van der Waals surface area contributed by atoms with E-state index in [2.05, 4.69) is 0 Å². The molecule has 12 heavy (non-hydrogen) atoms. The molecule has 66 valence electrons. The molecule has 0 bridgehead atoms. The summed E-state index contributed by atoms with van der Waals surface area (Å²) in [4.78, 5) is 0. The fraction of sp³-hybridized carbons (Fsp3) is 0.250. The highest BCUT2D eigenvalue weighted by Gasteiger charge is 2.07. The second-order valence-electron chi connectivity index (χ2n) is 2.45. The Morgan fingerprint density at radius 3 is 2.50 bits per heavy atom. The van der Waals surface area contributed by atoms with E-state index in [1.165, 1.54) is 0 Å². The van der Waals surface area contributed by atoms with Crippen molar-refractivity contribution in [2.45, 2.75) is 6.54 Å². The largest absolute Gasteiger partial charge is 0.496 e. The molecule has 4 nitrogen and oxygen atoms in total. The molecule has 0 unspecified atom stereocenters. The Kier molecular flexibility index (Phi) is 2.40. The lowest BCUT2D eigenvalue weighted by molar-refractivity contribution is 0.410. The Bertz CT molecular complexity index is 286. The van der Waals surface area contributed by atoms with Gasteiger partial charge in [-0.25, -0.2) is 0 Å². The third-order valence-corrected chi connectivity index (χ3v) is 1.77. The maximum absolute atomic E-state index is 5.68. The molecule has 0 radical (unpaired) electrons. The molecule has 0 fully saturated rings. The Hall–Kier alpha value is -1.42. The van der Waals surface area contributed by atoms with Crippen LogP contribution in [0.15, 0.2) is 12.1 Å². The molecule has 0 aromatic heterocycles. The first-order valence-corrected chi connectivity index (χ1v) is 3.61. The molecule has 0 saturated carbocycles. The first-order valence-electron chi connectivity index (χ1n) is 3.61. The van der Waals surface area contributed by atoms with Crippen LogP contribution < -0.4 is 21.9 Å². The highest BCUT2D eigenvalue weighted by atomic mass is 16.5. The minimum absolute atomic E-state index is 0.333. The number of hydrogen-bond acceptors (Lipinski definition) is 4. The molecule has 0 amide bonds. The van der Waals surface area contributed by atoms with Gasteiger partial charge < -0.3 is 21.9 Å². The van der Waals surface area contributed by atoms with Crippen molar-refractivity contribution in [3.8, 4) is 5.75 Å². The van der Waals surface area contributed by atoms with E-state index in [0.717, 1.165) is 5.56 Å². The van der Waals surface area contributed by atoms with Gasteiger partial charge in [-0.3, -0.25) is 0 Å². The maximum atomic E-state index is 5.68. The van der Waals surface area contributed by atoms with Crippen LogP contribution in [0.25, 0.3) is 0 Å². The minimum atomic E-state index is 0.333. The molecule has 4 heteroatoms. The van der Waals surface area contributed by atoms with E-state index in [1.54, 1.807) is 19.2 Å². The van der Waals surface area contributed by atoms with Crippen molar-refractivity contribution < 1.29 is 4.74 Å². The highest BCUT2D eigenvalue weighted by molar-refractivity contribution is 5.70. The second-order valence-corrected chi connectivity index (χ2v) is 2.45. The number of benzene rings is 1. The van der Waals surface area contributed by atoms with Crippen LogP contribution in [-0.4, -0.2) is 7.11 Å². The fourth-order valence-corrected chi connectivity index (χ4v) is 1.06. The predicted octanol–water partition coefficient (Wildman–Crippen LogP) is 0.318. The number of methoxy groups -OCH3 is 1. The summed E-state index contributed by atoms with van der Waals surface area (Å²) >= 11 is 0. The van der Waals surface area contributed by atoms with Crippen molar-refractivity contribution in [1.82, 2.24) is 0 Å². The van der Waals surface area contributed by atoms with Crippen LogP contribution in [0.1, 0.15) is 5.56 Å². The second kappa shape index (κ2) is 3.32. The van der Waals surface area contributed by atoms with E-state index in [-0.39, 0.29) is 0 Å². The molecule has 0 atom stereocenters. The van der Waals surface area contributed by atoms with Gasteiger partial charge in [-0.05, 0) is 12.1 Å². The third-order valence-electron chi connectivity index (χ3n) is 1.77. The molecule has 1 aromatic rings. The fourth-order valence-electron chi connectivity index (χ4n) is 1.06. The molecule has 0 aliphatic carbocycles. The third kappa shape index (κ3) is 1.29. The summed E-state index contributed by atoms with van der Waals surface area (Å²) in [7, 11) is 1.57. The van der Waals surface area contributed by atoms with Crippen LogP contribution in [0.5, 0.6) is 5.75 Å². The van der Waals surface area contributed by atoms with Crippen LogP contribution in [0, 0.1) is 0 Å². The lowest BCUT2D eigenvalue weighted by atomic mass is 10.1. The SMILES string of the molecule is COc1ccc(N)c(N)c1CN. The van der Waals surface area contributed by atoms with Gasteiger partial charge in [0.25, 0.3) is 0 Å². The van der Waals surface area contributed by atoms with Crippen molar-refractivity contribution in [2.24, 2.45) is 5.73 Å². The summed E-state index contributed by atoms with van der Waals surface area (Å²) in [5.41, 5.74) is 18.6. The maximum Gasteiger partial charge on any atom is 0.125 e. The average molecular weight is 167 g/mol. The van der Waals surface area contributed by atoms with E-state index in [1.807, 2.05) is 0 Å². The van der Waals surface area contributed by atoms with Gasteiger partial charge in [-0.1, -0.05) is 0 Å². The minimum Gasteiger partial charge on any atom is -0.496 e. The van der Waals surface area contributed by atoms with Gasteiger partial charge in [-0.15, -0.1) is 0 Å². The summed E-state index contributed by atoms with van der Waals surface area (Å²) < 4.78 is 5.06. The number of ether oxygens (including phenoxy) is 1. The van der Waals surface area contributed by atoms with Crippen LogP contribution in [-0.2, 0) is 6.54 Å². The molecule has 0 saturated heterocycles. The van der Waals surface area contributed by atoms with Gasteiger partial charge in [0.05, 0.1) is 18.5 Å². The smallest absolute Gasteiger partial charge is 0.125 e. The normalized spacial score (nSPS) is 9.83. The van der Waals surface area contributed by atoms with Crippen molar-refractivity contribution in [3.05, 3.63) is 17.7 Å². The lowest BCUT2D eigenvalue weighted by Crippen LogP contribution is -2.06. The van der Waals surface area contributed by atoms with E-state index < -0.39 is 0 Å². The lowest BCUT2D eigenvalue weighted by Gasteiger charge is -2.10. The molecule has 0 aliphatic heterocycles. The van der Waals surface area contributed by atoms with E-state index >= 15 is 0 Å². The Balaban J connectivity index is 3.25. The van der Waals surface area contributed by atoms with E-state index in [0.29, 0.717) is 23.7 Å². The zero-order chi connectivity index (χ0) is 9.14.